The molecule has 0 heterocycles. The lowest BCUT2D eigenvalue weighted by atomic mass is 10.2. The van der Waals surface area contributed by atoms with Crippen LogP contribution in [0.2, 0.25) is 5.02 Å². The van der Waals surface area contributed by atoms with E-state index in [1.54, 1.807) is 24.3 Å². The van der Waals surface area contributed by atoms with Crippen LogP contribution >= 0.6 is 11.6 Å². The maximum absolute atomic E-state index is 11.6. The van der Waals surface area contributed by atoms with E-state index in [2.05, 4.69) is 10.6 Å². The van der Waals surface area contributed by atoms with Crippen LogP contribution in [-0.2, 0) is 9.59 Å². The molecule has 0 saturated heterocycles. The van der Waals surface area contributed by atoms with Crippen molar-refractivity contribution in [1.29, 1.82) is 0 Å². The zero-order chi connectivity index (χ0) is 13.1. The number of anilines is 1. The van der Waals surface area contributed by atoms with Crippen molar-refractivity contribution in [2.24, 2.45) is 5.92 Å². The Labute approximate surface area is 111 Å². The molecule has 0 aliphatic heterocycles. The maximum Gasteiger partial charge on any atom is 0.313 e. The molecule has 18 heavy (non-hydrogen) atoms. The molecule has 1 aliphatic carbocycles. The molecule has 1 aromatic rings. The molecule has 2 amide bonds. The predicted molar refractivity (Wildman–Crippen MR) is 70.4 cm³/mol. The van der Waals surface area contributed by atoms with Crippen LogP contribution in [0.15, 0.2) is 24.3 Å². The van der Waals surface area contributed by atoms with Crippen LogP contribution in [0.1, 0.15) is 19.8 Å². The molecule has 0 bridgehead atoms. The Kier molecular flexibility index (Phi) is 3.87. The minimum atomic E-state index is -0.648. The molecule has 1 saturated carbocycles. The van der Waals surface area contributed by atoms with E-state index >= 15 is 0 Å². The lowest BCUT2D eigenvalue weighted by molar-refractivity contribution is -0.136. The van der Waals surface area contributed by atoms with Gasteiger partial charge >= 0.3 is 11.8 Å². The van der Waals surface area contributed by atoms with Gasteiger partial charge in [-0.05, 0) is 49.9 Å². The molecule has 0 aromatic heterocycles. The Morgan fingerprint density at radius 1 is 1.22 bits per heavy atom. The number of carbonyl (C=O) groups is 2. The van der Waals surface area contributed by atoms with Crippen LogP contribution in [0, 0.1) is 5.92 Å². The summed E-state index contributed by atoms with van der Waals surface area (Å²) < 4.78 is 0. The molecule has 0 radical (unpaired) electrons. The smallest absolute Gasteiger partial charge is 0.313 e. The Hall–Kier alpha value is -1.55. The lowest BCUT2D eigenvalue weighted by Gasteiger charge is -2.12. The number of benzene rings is 1. The number of carbonyl (C=O) groups excluding carboxylic acids is 2. The van der Waals surface area contributed by atoms with Crippen molar-refractivity contribution < 1.29 is 9.59 Å². The number of hydrogen-bond donors (Lipinski definition) is 2. The largest absolute Gasteiger partial charge is 0.345 e. The highest BCUT2D eigenvalue weighted by molar-refractivity contribution is 6.39. The molecular formula is C13H15ClN2O2. The molecule has 2 rings (SSSR count). The summed E-state index contributed by atoms with van der Waals surface area (Å²) in [4.78, 5) is 23.2. The van der Waals surface area contributed by atoms with E-state index in [1.165, 1.54) is 0 Å². The van der Waals surface area contributed by atoms with Gasteiger partial charge in [-0.2, -0.15) is 0 Å². The number of amides is 2. The quantitative estimate of drug-likeness (QED) is 0.824. The number of halogens is 1. The fourth-order valence-corrected chi connectivity index (χ4v) is 1.83. The van der Waals surface area contributed by atoms with Gasteiger partial charge in [0.1, 0.15) is 0 Å². The van der Waals surface area contributed by atoms with E-state index in [0.717, 1.165) is 12.8 Å². The minimum Gasteiger partial charge on any atom is -0.345 e. The number of nitrogens with one attached hydrogen (secondary N) is 2. The summed E-state index contributed by atoms with van der Waals surface area (Å²) in [7, 11) is 0. The van der Waals surface area contributed by atoms with Crippen LogP contribution < -0.4 is 10.6 Å². The van der Waals surface area contributed by atoms with Gasteiger partial charge in [0, 0.05) is 16.8 Å². The SMILES string of the molecule is CC(NC(=O)C(=O)Nc1ccc(Cl)cc1)C1CC1. The molecule has 4 nitrogen and oxygen atoms in total. The van der Waals surface area contributed by atoms with E-state index < -0.39 is 11.8 Å². The molecule has 1 atom stereocenters. The average Bonchev–Trinajstić information content (AvgIpc) is 3.16. The zero-order valence-electron chi connectivity index (χ0n) is 10.1. The summed E-state index contributed by atoms with van der Waals surface area (Å²) in [5.41, 5.74) is 0.554. The van der Waals surface area contributed by atoms with Crippen LogP contribution in [-0.4, -0.2) is 17.9 Å². The number of rotatable bonds is 3. The summed E-state index contributed by atoms with van der Waals surface area (Å²) in [5, 5.41) is 5.80. The lowest BCUT2D eigenvalue weighted by Crippen LogP contribution is -2.41. The van der Waals surface area contributed by atoms with Gasteiger partial charge in [0.2, 0.25) is 0 Å². The summed E-state index contributed by atoms with van der Waals surface area (Å²) >= 11 is 5.73. The van der Waals surface area contributed by atoms with Crippen molar-refractivity contribution in [3.63, 3.8) is 0 Å². The third-order valence-electron chi connectivity index (χ3n) is 3.00. The second-order valence-corrected chi connectivity index (χ2v) is 5.00. The van der Waals surface area contributed by atoms with Crippen molar-refractivity contribution in [3.8, 4) is 0 Å². The van der Waals surface area contributed by atoms with E-state index in [9.17, 15) is 9.59 Å². The minimum absolute atomic E-state index is 0.0634. The summed E-state index contributed by atoms with van der Waals surface area (Å²) in [6.07, 6.45) is 2.25. The molecule has 0 spiro atoms. The van der Waals surface area contributed by atoms with E-state index in [0.29, 0.717) is 16.6 Å². The first-order chi connectivity index (χ1) is 8.56. The second-order valence-electron chi connectivity index (χ2n) is 4.56. The van der Waals surface area contributed by atoms with E-state index in [1.807, 2.05) is 6.92 Å². The first-order valence-electron chi connectivity index (χ1n) is 5.93. The maximum atomic E-state index is 11.6. The molecule has 5 heteroatoms. The van der Waals surface area contributed by atoms with Gasteiger partial charge in [0.15, 0.2) is 0 Å². The highest BCUT2D eigenvalue weighted by Crippen LogP contribution is 2.32. The van der Waals surface area contributed by atoms with Gasteiger partial charge in [-0.1, -0.05) is 11.6 Å². The van der Waals surface area contributed by atoms with Gasteiger partial charge in [-0.3, -0.25) is 9.59 Å². The van der Waals surface area contributed by atoms with Gasteiger partial charge in [-0.15, -0.1) is 0 Å². The normalized spacial score (nSPS) is 15.9. The van der Waals surface area contributed by atoms with Crippen molar-refractivity contribution in [2.75, 3.05) is 5.32 Å². The fraction of sp³-hybridized carbons (Fsp3) is 0.385. The third kappa shape index (κ3) is 3.47. The highest BCUT2D eigenvalue weighted by Gasteiger charge is 2.30. The van der Waals surface area contributed by atoms with Gasteiger partial charge in [0.25, 0.3) is 0 Å². The molecule has 2 N–H and O–H groups in total. The topological polar surface area (TPSA) is 58.2 Å². The number of hydrogen-bond acceptors (Lipinski definition) is 2. The average molecular weight is 267 g/mol. The summed E-state index contributed by atoms with van der Waals surface area (Å²) in [6.45, 7) is 1.92. The molecule has 1 aromatic carbocycles. The third-order valence-corrected chi connectivity index (χ3v) is 3.25. The summed E-state index contributed by atoms with van der Waals surface area (Å²) in [5.74, 6) is -0.716. The monoisotopic (exact) mass is 266 g/mol. The fourth-order valence-electron chi connectivity index (χ4n) is 1.71. The van der Waals surface area contributed by atoms with E-state index in [-0.39, 0.29) is 6.04 Å². The van der Waals surface area contributed by atoms with Crippen molar-refractivity contribution in [2.45, 2.75) is 25.8 Å². The Morgan fingerprint density at radius 3 is 2.39 bits per heavy atom. The van der Waals surface area contributed by atoms with Gasteiger partial charge in [0.05, 0.1) is 0 Å². The molecular weight excluding hydrogens is 252 g/mol. The van der Waals surface area contributed by atoms with Crippen LogP contribution in [0.5, 0.6) is 0 Å². The van der Waals surface area contributed by atoms with Crippen molar-refractivity contribution in [1.82, 2.24) is 5.32 Å². The van der Waals surface area contributed by atoms with Crippen LogP contribution in [0.4, 0.5) is 5.69 Å². The zero-order valence-corrected chi connectivity index (χ0v) is 10.8. The second kappa shape index (κ2) is 5.40. The van der Waals surface area contributed by atoms with Gasteiger partial charge in [-0.25, -0.2) is 0 Å². The van der Waals surface area contributed by atoms with Gasteiger partial charge < -0.3 is 10.6 Å². The van der Waals surface area contributed by atoms with Crippen molar-refractivity contribution in [3.05, 3.63) is 29.3 Å². The highest BCUT2D eigenvalue weighted by atomic mass is 35.5. The molecule has 96 valence electrons. The van der Waals surface area contributed by atoms with Crippen LogP contribution in [0.25, 0.3) is 0 Å². The summed E-state index contributed by atoms with van der Waals surface area (Å²) in [6, 6.07) is 6.67. The standard InChI is InChI=1S/C13H15ClN2O2/c1-8(9-2-3-9)15-12(17)13(18)16-11-6-4-10(14)5-7-11/h4-9H,2-3H2,1H3,(H,15,17)(H,16,18). The molecule has 1 unspecified atom stereocenters. The Bertz CT molecular complexity index is 455. The van der Waals surface area contributed by atoms with E-state index in [4.69, 9.17) is 11.6 Å². The van der Waals surface area contributed by atoms with Crippen molar-refractivity contribution >= 4 is 29.1 Å². The molecule has 1 aliphatic rings. The Balaban J connectivity index is 1.86. The first kappa shape index (κ1) is 12.9. The Morgan fingerprint density at radius 2 is 1.83 bits per heavy atom. The predicted octanol–water partition coefficient (Wildman–Crippen LogP) is 2.19. The van der Waals surface area contributed by atoms with Crippen LogP contribution in [0.3, 0.4) is 0 Å². The molecule has 1 fully saturated rings. The first-order valence-corrected chi connectivity index (χ1v) is 6.31.